The van der Waals surface area contributed by atoms with Gasteiger partial charge >= 0.3 is 11.9 Å². The Balaban J connectivity index is 4.58. The Kier molecular flexibility index (Phi) is 29.5. The van der Waals surface area contributed by atoms with E-state index < -0.39 is 42.0 Å². The first kappa shape index (κ1) is 45.8. The number of ether oxygens (including phenoxy) is 1. The van der Waals surface area contributed by atoms with E-state index in [1.807, 2.05) is 0 Å². The number of hydrogen-bond acceptors (Lipinski definition) is 6. The van der Waals surface area contributed by atoms with Gasteiger partial charge in [0.25, 0.3) is 0 Å². The number of aliphatic carboxylic acids is 1. The van der Waals surface area contributed by atoms with Crippen LogP contribution in [-0.4, -0.2) is 52.2 Å². The molecule has 0 aliphatic carbocycles. The number of unbranched alkanes of at least 4 members (excludes halogenated alkanes) is 15. The molecule has 3 atom stereocenters. The van der Waals surface area contributed by atoms with Crippen molar-refractivity contribution in [2.45, 2.75) is 213 Å². The van der Waals surface area contributed by atoms with Gasteiger partial charge in [0.2, 0.25) is 11.8 Å². The van der Waals surface area contributed by atoms with Gasteiger partial charge < -0.3 is 26.0 Å². The zero-order chi connectivity index (χ0) is 36.0. The van der Waals surface area contributed by atoms with E-state index in [2.05, 4.69) is 33.0 Å². The number of carbonyl (C=O) groups is 4. The summed E-state index contributed by atoms with van der Waals surface area (Å²) in [5, 5.41) is 22.2. The Morgan fingerprint density at radius 3 is 1.42 bits per heavy atom. The summed E-state index contributed by atoms with van der Waals surface area (Å²) in [5.74, 6) is -1.19. The Bertz CT molecular complexity index is 833. The van der Waals surface area contributed by atoms with E-state index in [9.17, 15) is 24.3 Å². The van der Waals surface area contributed by atoms with Crippen molar-refractivity contribution in [3.63, 3.8) is 0 Å². The molecule has 9 nitrogen and oxygen atoms in total. The Morgan fingerprint density at radius 1 is 0.583 bits per heavy atom. The first-order valence-electron chi connectivity index (χ1n) is 19.6. The molecule has 0 rings (SSSR count). The number of esters is 1. The highest BCUT2D eigenvalue weighted by atomic mass is 16.5. The van der Waals surface area contributed by atoms with Crippen molar-refractivity contribution in [1.82, 2.24) is 5.32 Å². The van der Waals surface area contributed by atoms with Crippen LogP contribution in [0, 0.1) is 11.8 Å². The predicted molar refractivity (Wildman–Crippen MR) is 194 cm³/mol. The van der Waals surface area contributed by atoms with Gasteiger partial charge in [-0.1, -0.05) is 143 Å². The third-order valence-corrected chi connectivity index (χ3v) is 9.01. The van der Waals surface area contributed by atoms with Gasteiger partial charge in [0.05, 0.1) is 18.9 Å². The molecule has 0 saturated carbocycles. The molecule has 0 saturated heterocycles. The minimum Gasteiger partial charge on any atom is -0.481 e. The number of carboxylic acids is 1. The molecular weight excluding hydrogens is 608 g/mol. The largest absolute Gasteiger partial charge is 0.481 e. The third-order valence-electron chi connectivity index (χ3n) is 9.01. The zero-order valence-electron chi connectivity index (χ0n) is 31.3. The van der Waals surface area contributed by atoms with Crippen LogP contribution in [-0.2, 0) is 23.9 Å². The highest BCUT2D eigenvalue weighted by Gasteiger charge is 2.27. The summed E-state index contributed by atoms with van der Waals surface area (Å²) < 4.78 is 5.67. The number of hydrogen-bond donors (Lipinski definition) is 4. The van der Waals surface area contributed by atoms with Crippen LogP contribution in [0.25, 0.3) is 0 Å². The maximum absolute atomic E-state index is 13.1. The van der Waals surface area contributed by atoms with Gasteiger partial charge in [0, 0.05) is 6.42 Å². The Labute approximate surface area is 293 Å². The van der Waals surface area contributed by atoms with Crippen LogP contribution < -0.4 is 11.1 Å². The predicted octanol–water partition coefficient (Wildman–Crippen LogP) is 8.77. The quantitative estimate of drug-likeness (QED) is 0.0390. The van der Waals surface area contributed by atoms with E-state index in [1.165, 1.54) is 77.0 Å². The van der Waals surface area contributed by atoms with E-state index in [-0.39, 0.29) is 32.1 Å². The van der Waals surface area contributed by atoms with Crippen LogP contribution in [0.4, 0.5) is 0 Å². The molecule has 5 N–H and O–H groups in total. The van der Waals surface area contributed by atoms with Crippen molar-refractivity contribution >= 4 is 23.8 Å². The van der Waals surface area contributed by atoms with Crippen LogP contribution in [0.5, 0.6) is 0 Å². The summed E-state index contributed by atoms with van der Waals surface area (Å²) in [7, 11) is 0. The number of amides is 2. The van der Waals surface area contributed by atoms with E-state index in [0.29, 0.717) is 12.8 Å². The van der Waals surface area contributed by atoms with Gasteiger partial charge in [0.15, 0.2) is 0 Å². The fraction of sp³-hybridized carbons (Fsp3) is 0.897. The van der Waals surface area contributed by atoms with E-state index in [0.717, 1.165) is 56.8 Å². The maximum Gasteiger partial charge on any atom is 0.328 e. The second-order valence-electron chi connectivity index (χ2n) is 14.9. The maximum atomic E-state index is 13.1. The molecule has 0 aliphatic rings. The van der Waals surface area contributed by atoms with Gasteiger partial charge in [-0.3, -0.25) is 14.4 Å². The van der Waals surface area contributed by atoms with Crippen molar-refractivity contribution in [3.8, 4) is 0 Å². The van der Waals surface area contributed by atoms with E-state index >= 15 is 0 Å². The Morgan fingerprint density at radius 2 is 1.00 bits per heavy atom. The summed E-state index contributed by atoms with van der Waals surface area (Å²) in [6, 6.07) is -1.06. The summed E-state index contributed by atoms with van der Waals surface area (Å²) in [6.07, 6.45) is 21.6. The molecule has 9 heteroatoms. The molecule has 2 amide bonds. The summed E-state index contributed by atoms with van der Waals surface area (Å²) >= 11 is 0. The molecule has 0 bridgehead atoms. The van der Waals surface area contributed by atoms with Crippen LogP contribution in [0.3, 0.4) is 0 Å². The van der Waals surface area contributed by atoms with Crippen molar-refractivity contribution in [1.29, 1.82) is 0 Å². The van der Waals surface area contributed by atoms with Gasteiger partial charge in [-0.05, 0) is 43.9 Å². The molecule has 3 unspecified atom stereocenters. The number of carbonyl (C=O) groups excluding carboxylic acids is 3. The Hall–Kier alpha value is -2.16. The van der Waals surface area contributed by atoms with Crippen molar-refractivity contribution in [2.24, 2.45) is 17.6 Å². The fourth-order valence-electron chi connectivity index (χ4n) is 6.10. The molecule has 0 radical (unpaired) electrons. The zero-order valence-corrected chi connectivity index (χ0v) is 31.3. The van der Waals surface area contributed by atoms with E-state index in [1.54, 1.807) is 0 Å². The molecule has 0 fully saturated rings. The molecule has 282 valence electrons. The SMILES string of the molecule is CC(C)CCCCCCCCCCCC(CC(N)=O)OC(=O)C(CCCC(=O)O)NC(=O)CC(O)CCCCCCCCCCC(C)C. The van der Waals surface area contributed by atoms with Crippen molar-refractivity contribution in [3.05, 3.63) is 0 Å². The normalized spacial score (nSPS) is 13.4. The lowest BCUT2D eigenvalue weighted by molar-refractivity contribution is -0.155. The van der Waals surface area contributed by atoms with Crippen molar-refractivity contribution in [2.75, 3.05) is 0 Å². The minimum atomic E-state index is -1.06. The number of nitrogens with two attached hydrogens (primary N) is 1. The summed E-state index contributed by atoms with van der Waals surface area (Å²) in [4.78, 5) is 48.7. The number of aliphatic hydroxyl groups is 1. The lowest BCUT2D eigenvalue weighted by atomic mass is 10.0. The highest BCUT2D eigenvalue weighted by molar-refractivity contribution is 5.85. The number of primary amides is 1. The first-order valence-corrected chi connectivity index (χ1v) is 19.6. The minimum absolute atomic E-state index is 0.0885. The van der Waals surface area contributed by atoms with Gasteiger partial charge in [-0.15, -0.1) is 0 Å². The van der Waals surface area contributed by atoms with E-state index in [4.69, 9.17) is 15.6 Å². The van der Waals surface area contributed by atoms with Gasteiger partial charge in [-0.25, -0.2) is 4.79 Å². The topological polar surface area (TPSA) is 156 Å². The average Bonchev–Trinajstić information content (AvgIpc) is 2.99. The highest BCUT2D eigenvalue weighted by Crippen LogP contribution is 2.18. The van der Waals surface area contributed by atoms with Crippen LogP contribution >= 0.6 is 0 Å². The molecule has 0 aromatic heterocycles. The second-order valence-corrected chi connectivity index (χ2v) is 14.9. The third kappa shape index (κ3) is 31.1. The van der Waals surface area contributed by atoms with Gasteiger partial charge in [-0.2, -0.15) is 0 Å². The number of carboxylic acid groups (broad SMARTS) is 1. The number of rotatable bonds is 34. The van der Waals surface area contributed by atoms with Crippen LogP contribution in [0.15, 0.2) is 0 Å². The number of aliphatic hydroxyl groups excluding tert-OH is 1. The first-order chi connectivity index (χ1) is 22.9. The smallest absolute Gasteiger partial charge is 0.328 e. The fourth-order valence-corrected chi connectivity index (χ4v) is 6.10. The monoisotopic (exact) mass is 683 g/mol. The summed E-state index contributed by atoms with van der Waals surface area (Å²) in [6.45, 7) is 9.05. The molecule has 0 aliphatic heterocycles. The van der Waals surface area contributed by atoms with Crippen molar-refractivity contribution < 1.29 is 34.1 Å². The lowest BCUT2D eigenvalue weighted by Gasteiger charge is -2.22. The molecule has 0 aromatic rings. The second kappa shape index (κ2) is 30.9. The number of nitrogens with one attached hydrogen (secondary N) is 1. The molecule has 48 heavy (non-hydrogen) atoms. The average molecular weight is 683 g/mol. The summed E-state index contributed by atoms with van der Waals surface area (Å²) in [5.41, 5.74) is 5.44. The lowest BCUT2D eigenvalue weighted by Crippen LogP contribution is -2.44. The molecule has 0 spiro atoms. The molecule has 0 heterocycles. The standard InChI is InChI=1S/C39H74N2O7/c1-31(2)23-18-14-10-6-5-7-13-17-21-26-34(30-36(40)43)48-39(47)35(27-22-28-38(45)46)41-37(44)29-33(42)25-20-16-12-9-8-11-15-19-24-32(3)4/h31-35,42H,5-30H2,1-4H3,(H2,40,43)(H,41,44)(H,45,46). The van der Waals surface area contributed by atoms with Crippen LogP contribution in [0.2, 0.25) is 0 Å². The van der Waals surface area contributed by atoms with Gasteiger partial charge in [0.1, 0.15) is 12.1 Å². The van der Waals surface area contributed by atoms with Crippen LogP contribution in [0.1, 0.15) is 195 Å². The molecular formula is C39H74N2O7. The molecule has 0 aromatic carbocycles.